The summed E-state index contributed by atoms with van der Waals surface area (Å²) < 4.78 is 13.2. The molecule has 1 heterocycles. The molecule has 1 saturated heterocycles. The van der Waals surface area contributed by atoms with E-state index in [0.717, 1.165) is 38.0 Å². The van der Waals surface area contributed by atoms with Crippen LogP contribution in [0.1, 0.15) is 25.3 Å². The third kappa shape index (κ3) is 4.51. The maximum absolute atomic E-state index is 13.2. The maximum Gasteiger partial charge on any atom is 0.238 e. The summed E-state index contributed by atoms with van der Waals surface area (Å²) in [6, 6.07) is 4.90. The highest BCUT2D eigenvalue weighted by Crippen LogP contribution is 2.16. The lowest BCUT2D eigenvalue weighted by Gasteiger charge is -2.33. The lowest BCUT2D eigenvalue weighted by Crippen LogP contribution is -2.46. The average Bonchev–Trinajstić information content (AvgIpc) is 2.49. The fraction of sp³-hybridized carbons (Fsp3) is 0.562. The van der Waals surface area contributed by atoms with Gasteiger partial charge in [0.25, 0.3) is 0 Å². The average molecular weight is 293 g/mol. The molecule has 0 saturated carbocycles. The van der Waals surface area contributed by atoms with Crippen molar-refractivity contribution in [1.29, 1.82) is 0 Å². The Morgan fingerprint density at radius 2 is 2.14 bits per heavy atom. The highest BCUT2D eigenvalue weighted by Gasteiger charge is 2.21. The van der Waals surface area contributed by atoms with Crippen molar-refractivity contribution < 1.29 is 9.18 Å². The number of carbonyl (C=O) groups is 1. The first kappa shape index (κ1) is 15.9. The van der Waals surface area contributed by atoms with Gasteiger partial charge in [-0.3, -0.25) is 9.69 Å². The van der Waals surface area contributed by atoms with Gasteiger partial charge in [-0.25, -0.2) is 4.39 Å². The number of nitrogens with one attached hydrogen (secondary N) is 2. The first-order valence-corrected chi connectivity index (χ1v) is 7.61. The number of rotatable bonds is 5. The van der Waals surface area contributed by atoms with Crippen molar-refractivity contribution in [2.45, 2.75) is 32.7 Å². The summed E-state index contributed by atoms with van der Waals surface area (Å²) in [7, 11) is 0. The predicted octanol–water partition coefficient (Wildman–Crippen LogP) is 2.15. The van der Waals surface area contributed by atoms with E-state index in [1.807, 2.05) is 6.92 Å². The fourth-order valence-electron chi connectivity index (χ4n) is 2.77. The van der Waals surface area contributed by atoms with E-state index in [1.165, 1.54) is 12.1 Å². The molecule has 5 heteroatoms. The smallest absolute Gasteiger partial charge is 0.238 e. The van der Waals surface area contributed by atoms with Crippen molar-refractivity contribution in [3.05, 3.63) is 29.6 Å². The minimum absolute atomic E-state index is 0.0796. The van der Waals surface area contributed by atoms with Gasteiger partial charge in [0, 0.05) is 11.7 Å². The lowest BCUT2D eigenvalue weighted by molar-refractivity contribution is -0.118. The Morgan fingerprint density at radius 1 is 1.43 bits per heavy atom. The molecule has 0 radical (unpaired) electrons. The maximum atomic E-state index is 13.2. The molecule has 1 amide bonds. The molecule has 0 aliphatic carbocycles. The molecule has 1 aromatic carbocycles. The zero-order valence-electron chi connectivity index (χ0n) is 12.8. The van der Waals surface area contributed by atoms with Crippen LogP contribution in [0.4, 0.5) is 10.1 Å². The van der Waals surface area contributed by atoms with Crippen LogP contribution in [0.2, 0.25) is 0 Å². The minimum Gasteiger partial charge on any atom is -0.325 e. The second-order valence-corrected chi connectivity index (χ2v) is 5.55. The fourth-order valence-corrected chi connectivity index (χ4v) is 2.77. The Morgan fingerprint density at radius 3 is 2.81 bits per heavy atom. The third-order valence-corrected chi connectivity index (χ3v) is 4.05. The van der Waals surface area contributed by atoms with Gasteiger partial charge in [0.05, 0.1) is 6.54 Å². The standard InChI is InChI=1S/C16H24FN3O/c1-3-20(14-6-8-18-9-7-14)11-16(21)19-15-10-13(17)5-4-12(15)2/h4-5,10,14,18H,3,6-9,11H2,1-2H3,(H,19,21). The summed E-state index contributed by atoms with van der Waals surface area (Å²) in [4.78, 5) is 14.4. The Labute approximate surface area is 125 Å². The number of aryl methyl sites for hydroxylation is 1. The number of amides is 1. The molecule has 1 aromatic rings. The van der Waals surface area contributed by atoms with E-state index in [1.54, 1.807) is 6.07 Å². The van der Waals surface area contributed by atoms with Crippen molar-refractivity contribution in [2.24, 2.45) is 0 Å². The highest BCUT2D eigenvalue weighted by atomic mass is 19.1. The first-order chi connectivity index (χ1) is 10.1. The van der Waals surface area contributed by atoms with E-state index >= 15 is 0 Å². The summed E-state index contributed by atoms with van der Waals surface area (Å²) in [6.45, 7) is 7.15. The number of carbonyl (C=O) groups excluding carboxylic acids is 1. The Kier molecular flexibility index (Phi) is 5.70. The van der Waals surface area contributed by atoms with Crippen molar-refractivity contribution in [2.75, 3.05) is 31.5 Å². The molecular formula is C16H24FN3O. The Hall–Kier alpha value is -1.46. The largest absolute Gasteiger partial charge is 0.325 e. The molecule has 116 valence electrons. The normalized spacial score (nSPS) is 16.2. The number of benzene rings is 1. The number of anilines is 1. The second-order valence-electron chi connectivity index (χ2n) is 5.55. The van der Waals surface area contributed by atoms with E-state index < -0.39 is 0 Å². The zero-order chi connectivity index (χ0) is 15.2. The summed E-state index contributed by atoms with van der Waals surface area (Å²) >= 11 is 0. The van der Waals surface area contributed by atoms with E-state index in [0.29, 0.717) is 18.3 Å². The van der Waals surface area contributed by atoms with Gasteiger partial charge in [-0.15, -0.1) is 0 Å². The zero-order valence-corrected chi connectivity index (χ0v) is 12.8. The lowest BCUT2D eigenvalue weighted by atomic mass is 10.0. The van der Waals surface area contributed by atoms with Gasteiger partial charge in [-0.2, -0.15) is 0 Å². The second kappa shape index (κ2) is 7.52. The number of hydrogen-bond acceptors (Lipinski definition) is 3. The topological polar surface area (TPSA) is 44.4 Å². The monoisotopic (exact) mass is 293 g/mol. The number of piperidine rings is 1. The molecule has 0 unspecified atom stereocenters. The van der Waals surface area contributed by atoms with Gasteiger partial charge in [-0.1, -0.05) is 13.0 Å². The van der Waals surface area contributed by atoms with Crippen LogP contribution < -0.4 is 10.6 Å². The molecule has 2 N–H and O–H groups in total. The van der Waals surface area contributed by atoms with Crippen LogP contribution in [0.25, 0.3) is 0 Å². The molecular weight excluding hydrogens is 269 g/mol. The molecule has 2 rings (SSSR count). The predicted molar refractivity (Wildman–Crippen MR) is 82.9 cm³/mol. The van der Waals surface area contributed by atoms with Crippen molar-refractivity contribution in [1.82, 2.24) is 10.2 Å². The third-order valence-electron chi connectivity index (χ3n) is 4.05. The molecule has 1 aliphatic heterocycles. The number of likely N-dealkylation sites (N-methyl/N-ethyl adjacent to an activating group) is 1. The molecule has 0 aromatic heterocycles. The SMILES string of the molecule is CCN(CC(=O)Nc1cc(F)ccc1C)C1CCNCC1. The summed E-state index contributed by atoms with van der Waals surface area (Å²) in [5, 5.41) is 6.15. The van der Waals surface area contributed by atoms with Gasteiger partial charge in [0.2, 0.25) is 5.91 Å². The van der Waals surface area contributed by atoms with Gasteiger partial charge in [0.15, 0.2) is 0 Å². The highest BCUT2D eigenvalue weighted by molar-refractivity contribution is 5.92. The molecule has 21 heavy (non-hydrogen) atoms. The number of nitrogens with zero attached hydrogens (tertiary/aromatic N) is 1. The minimum atomic E-state index is -0.332. The van der Waals surface area contributed by atoms with E-state index in [4.69, 9.17) is 0 Å². The summed E-state index contributed by atoms with van der Waals surface area (Å²) in [6.07, 6.45) is 2.14. The van der Waals surface area contributed by atoms with Crippen molar-refractivity contribution in [3.8, 4) is 0 Å². The van der Waals surface area contributed by atoms with Gasteiger partial charge >= 0.3 is 0 Å². The number of halogens is 1. The summed E-state index contributed by atoms with van der Waals surface area (Å²) in [5.41, 5.74) is 1.43. The summed E-state index contributed by atoms with van der Waals surface area (Å²) in [5.74, 6) is -0.411. The van der Waals surface area contributed by atoms with Crippen LogP contribution >= 0.6 is 0 Å². The van der Waals surface area contributed by atoms with E-state index in [-0.39, 0.29) is 11.7 Å². The quantitative estimate of drug-likeness (QED) is 0.874. The van der Waals surface area contributed by atoms with Crippen molar-refractivity contribution in [3.63, 3.8) is 0 Å². The molecule has 0 spiro atoms. The van der Waals surface area contributed by atoms with Crippen LogP contribution in [0, 0.1) is 12.7 Å². The van der Waals surface area contributed by atoms with Crippen LogP contribution in [-0.4, -0.2) is 43.0 Å². The van der Waals surface area contributed by atoms with Crippen LogP contribution in [0.3, 0.4) is 0 Å². The van der Waals surface area contributed by atoms with Gasteiger partial charge in [-0.05, 0) is 57.1 Å². The van der Waals surface area contributed by atoms with Crippen LogP contribution in [0.5, 0.6) is 0 Å². The number of hydrogen-bond donors (Lipinski definition) is 2. The molecule has 0 bridgehead atoms. The van der Waals surface area contributed by atoms with E-state index in [9.17, 15) is 9.18 Å². The molecule has 1 aliphatic rings. The van der Waals surface area contributed by atoms with Crippen LogP contribution in [-0.2, 0) is 4.79 Å². The Balaban J connectivity index is 1.94. The molecule has 0 atom stereocenters. The van der Waals surface area contributed by atoms with Crippen LogP contribution in [0.15, 0.2) is 18.2 Å². The van der Waals surface area contributed by atoms with Gasteiger partial charge < -0.3 is 10.6 Å². The molecule has 1 fully saturated rings. The Bertz CT molecular complexity index is 486. The van der Waals surface area contributed by atoms with E-state index in [2.05, 4.69) is 22.5 Å². The molecule has 4 nitrogen and oxygen atoms in total. The van der Waals surface area contributed by atoms with Gasteiger partial charge in [0.1, 0.15) is 5.82 Å². The first-order valence-electron chi connectivity index (χ1n) is 7.61. The van der Waals surface area contributed by atoms with Crippen molar-refractivity contribution >= 4 is 11.6 Å².